The molecule has 96 valence electrons. The number of anilines is 1. The van der Waals surface area contributed by atoms with Gasteiger partial charge < -0.3 is 5.32 Å². The number of hydrogen-bond acceptors (Lipinski definition) is 3. The van der Waals surface area contributed by atoms with E-state index in [-0.39, 0.29) is 4.92 Å². The van der Waals surface area contributed by atoms with Crippen LogP contribution in [0.25, 0.3) is 0 Å². The highest BCUT2D eigenvalue weighted by Crippen LogP contribution is 2.30. The van der Waals surface area contributed by atoms with Gasteiger partial charge in [-0.15, -0.1) is 0 Å². The van der Waals surface area contributed by atoms with Gasteiger partial charge in [0.15, 0.2) is 0 Å². The highest BCUT2D eigenvalue weighted by atomic mass is 16.6. The van der Waals surface area contributed by atoms with E-state index in [1.54, 1.807) is 24.3 Å². The van der Waals surface area contributed by atoms with Crippen LogP contribution in [0.1, 0.15) is 5.56 Å². The highest BCUT2D eigenvalue weighted by molar-refractivity contribution is 5.55. The molecule has 1 aliphatic heterocycles. The van der Waals surface area contributed by atoms with E-state index in [2.05, 4.69) is 29.6 Å². The van der Waals surface area contributed by atoms with E-state index in [4.69, 9.17) is 0 Å². The second-order valence-corrected chi connectivity index (χ2v) is 4.69. The summed E-state index contributed by atoms with van der Waals surface area (Å²) < 4.78 is 0. The summed E-state index contributed by atoms with van der Waals surface area (Å²) in [4.78, 5) is 10.1. The molecule has 2 aliphatic carbocycles. The fraction of sp³-hybridized carbons (Fsp3) is 0.200. The number of nitro groups is 1. The Hall–Kier alpha value is -2.36. The normalized spacial score (nSPS) is 18.1. The van der Waals surface area contributed by atoms with Crippen LogP contribution in [0.4, 0.5) is 5.69 Å². The first kappa shape index (κ1) is 11.7. The molecule has 0 aromatic heterocycles. The van der Waals surface area contributed by atoms with E-state index in [9.17, 15) is 10.1 Å². The lowest BCUT2D eigenvalue weighted by Crippen LogP contribution is -2.16. The summed E-state index contributed by atoms with van der Waals surface area (Å²) in [7, 11) is 0. The third-order valence-electron chi connectivity index (χ3n) is 3.51. The molecule has 3 aliphatic rings. The number of allylic oxidation sites excluding steroid dienone is 2. The maximum Gasteiger partial charge on any atom is 0.263 e. The molecule has 0 saturated heterocycles. The molecule has 1 N–H and O–H groups in total. The summed E-state index contributed by atoms with van der Waals surface area (Å²) in [6, 6.07) is 7.90. The molecule has 1 heterocycles. The second-order valence-electron chi connectivity index (χ2n) is 4.69. The van der Waals surface area contributed by atoms with Crippen molar-refractivity contribution in [2.45, 2.75) is 12.5 Å². The van der Waals surface area contributed by atoms with Crippen molar-refractivity contribution in [2.75, 3.05) is 11.9 Å². The molecule has 2 bridgehead atoms. The third-order valence-corrected chi connectivity index (χ3v) is 3.51. The molecule has 4 rings (SSSR count). The molecule has 4 heteroatoms. The molecule has 0 radical (unpaired) electrons. The van der Waals surface area contributed by atoms with Crippen molar-refractivity contribution in [2.24, 2.45) is 0 Å². The van der Waals surface area contributed by atoms with Gasteiger partial charge >= 0.3 is 0 Å². The lowest BCUT2D eigenvalue weighted by Gasteiger charge is -1.98. The Labute approximate surface area is 111 Å². The van der Waals surface area contributed by atoms with Gasteiger partial charge in [0.1, 0.15) is 0 Å². The first-order valence-electron chi connectivity index (χ1n) is 6.31. The smallest absolute Gasteiger partial charge is 0.263 e. The molecule has 19 heavy (non-hydrogen) atoms. The minimum atomic E-state index is -0.556. The Balaban J connectivity index is 0.000000117. The van der Waals surface area contributed by atoms with Gasteiger partial charge in [-0.1, -0.05) is 42.5 Å². The first-order chi connectivity index (χ1) is 9.25. The molecule has 0 amide bonds. The Morgan fingerprint density at radius 1 is 1.16 bits per heavy atom. The SMILES string of the molecule is O=[N+]([O-])C1C2=CC=C1C=C2.c1ccc2c(c1)CCN2. The summed E-state index contributed by atoms with van der Waals surface area (Å²) in [5, 5.41) is 13.6. The van der Waals surface area contributed by atoms with Crippen molar-refractivity contribution in [3.05, 3.63) is 75.4 Å². The summed E-state index contributed by atoms with van der Waals surface area (Å²) in [6.45, 7) is 1.11. The van der Waals surface area contributed by atoms with Crippen LogP contribution in [0.15, 0.2) is 59.7 Å². The van der Waals surface area contributed by atoms with E-state index >= 15 is 0 Å². The van der Waals surface area contributed by atoms with Crippen LogP contribution in [0, 0.1) is 10.1 Å². The predicted molar refractivity (Wildman–Crippen MR) is 74.7 cm³/mol. The van der Waals surface area contributed by atoms with E-state index in [0.717, 1.165) is 17.7 Å². The van der Waals surface area contributed by atoms with Crippen LogP contribution >= 0.6 is 0 Å². The number of nitrogens with zero attached hydrogens (tertiary/aromatic N) is 1. The zero-order chi connectivity index (χ0) is 13.2. The molecule has 1 aromatic rings. The Morgan fingerprint density at radius 3 is 2.37 bits per heavy atom. The summed E-state index contributed by atoms with van der Waals surface area (Å²) >= 11 is 0. The quantitative estimate of drug-likeness (QED) is 0.619. The van der Waals surface area contributed by atoms with Gasteiger partial charge in [-0.3, -0.25) is 10.1 Å². The lowest BCUT2D eigenvalue weighted by atomic mass is 10.2. The number of para-hydroxylation sites is 1. The van der Waals surface area contributed by atoms with E-state index in [0.29, 0.717) is 0 Å². The van der Waals surface area contributed by atoms with Crippen molar-refractivity contribution in [3.63, 3.8) is 0 Å². The van der Waals surface area contributed by atoms with Crippen molar-refractivity contribution in [1.29, 1.82) is 0 Å². The maximum absolute atomic E-state index is 10.3. The van der Waals surface area contributed by atoms with Gasteiger partial charge in [0.2, 0.25) is 0 Å². The van der Waals surface area contributed by atoms with Crippen molar-refractivity contribution in [1.82, 2.24) is 0 Å². The predicted octanol–water partition coefficient (Wildman–Crippen LogP) is 2.72. The summed E-state index contributed by atoms with van der Waals surface area (Å²) in [5.41, 5.74) is 4.38. The molecular formula is C15H14N2O2. The first-order valence-corrected chi connectivity index (χ1v) is 6.31. The molecule has 0 fully saturated rings. The van der Waals surface area contributed by atoms with Crippen LogP contribution in [0.3, 0.4) is 0 Å². The van der Waals surface area contributed by atoms with Crippen LogP contribution in [0.5, 0.6) is 0 Å². The largest absolute Gasteiger partial charge is 0.384 e. The molecule has 4 nitrogen and oxygen atoms in total. The average molecular weight is 254 g/mol. The van der Waals surface area contributed by atoms with Crippen LogP contribution in [-0.4, -0.2) is 17.5 Å². The van der Waals surface area contributed by atoms with Crippen molar-refractivity contribution < 1.29 is 4.92 Å². The molecule has 1 aromatic carbocycles. The third kappa shape index (κ3) is 2.17. The van der Waals surface area contributed by atoms with Gasteiger partial charge in [-0.25, -0.2) is 0 Å². The van der Waals surface area contributed by atoms with E-state index < -0.39 is 6.04 Å². The van der Waals surface area contributed by atoms with Gasteiger partial charge in [0.05, 0.1) is 0 Å². The maximum atomic E-state index is 10.3. The Bertz CT molecular complexity index is 569. The standard InChI is InChI=1S/C8H9N.C7H5NO2/c1-2-4-8-7(3-1)5-6-9-8;9-8(10)7-5-1-2-6(7)4-3-5/h1-4,9H,5-6H2;1-4,7H. The number of rotatable bonds is 1. The van der Waals surface area contributed by atoms with E-state index in [1.165, 1.54) is 17.7 Å². The minimum absolute atomic E-state index is 0.259. The highest BCUT2D eigenvalue weighted by Gasteiger charge is 2.34. The van der Waals surface area contributed by atoms with Crippen LogP contribution in [-0.2, 0) is 6.42 Å². The Morgan fingerprint density at radius 2 is 1.84 bits per heavy atom. The van der Waals surface area contributed by atoms with Gasteiger partial charge in [-0.05, 0) is 18.1 Å². The fourth-order valence-corrected chi connectivity index (χ4v) is 2.54. The monoisotopic (exact) mass is 254 g/mol. The molecule has 0 saturated carbocycles. The average Bonchev–Trinajstić information content (AvgIpc) is 3.14. The van der Waals surface area contributed by atoms with Crippen molar-refractivity contribution in [3.8, 4) is 0 Å². The minimum Gasteiger partial charge on any atom is -0.384 e. The van der Waals surface area contributed by atoms with Crippen molar-refractivity contribution >= 4 is 5.69 Å². The molecular weight excluding hydrogens is 240 g/mol. The number of benzene rings is 1. The van der Waals surface area contributed by atoms with Crippen LogP contribution < -0.4 is 5.32 Å². The molecule has 0 unspecified atom stereocenters. The topological polar surface area (TPSA) is 55.2 Å². The molecule has 0 spiro atoms. The lowest BCUT2D eigenvalue weighted by molar-refractivity contribution is -0.499. The van der Waals surface area contributed by atoms with Gasteiger partial charge in [0.25, 0.3) is 6.04 Å². The molecule has 0 atom stereocenters. The zero-order valence-corrected chi connectivity index (χ0v) is 10.4. The summed E-state index contributed by atoms with van der Waals surface area (Å²) in [5.74, 6) is 0. The van der Waals surface area contributed by atoms with Gasteiger partial charge in [0, 0.05) is 28.3 Å². The summed E-state index contributed by atoms with van der Waals surface area (Å²) in [6.07, 6.45) is 8.37. The number of hydrogen-bond donors (Lipinski definition) is 1. The zero-order valence-electron chi connectivity index (χ0n) is 10.4. The number of fused-ring (bicyclic) bond motifs is 3. The second kappa shape index (κ2) is 4.72. The fourth-order valence-electron chi connectivity index (χ4n) is 2.54. The van der Waals surface area contributed by atoms with Gasteiger partial charge in [-0.2, -0.15) is 0 Å². The van der Waals surface area contributed by atoms with E-state index in [1.807, 2.05) is 0 Å². The van der Waals surface area contributed by atoms with Crippen LogP contribution in [0.2, 0.25) is 0 Å². The number of nitrogens with one attached hydrogen (secondary N) is 1. The Kier molecular flexibility index (Phi) is 2.91.